The number of anilines is 1. The maximum atomic E-state index is 12.9. The third-order valence-electron chi connectivity index (χ3n) is 3.19. The van der Waals surface area contributed by atoms with Crippen molar-refractivity contribution in [3.05, 3.63) is 29.6 Å². The summed E-state index contributed by atoms with van der Waals surface area (Å²) < 4.78 is 18.1. The molecular formula is C13H17FN2O2. The molecule has 1 saturated heterocycles. The van der Waals surface area contributed by atoms with E-state index in [0.717, 1.165) is 0 Å². The van der Waals surface area contributed by atoms with Gasteiger partial charge in [-0.3, -0.25) is 4.79 Å². The lowest BCUT2D eigenvalue weighted by molar-refractivity contribution is -0.118. The summed E-state index contributed by atoms with van der Waals surface area (Å²) in [6.07, 6.45) is 0.734. The van der Waals surface area contributed by atoms with Gasteiger partial charge in [0.25, 0.3) is 0 Å². The van der Waals surface area contributed by atoms with Crippen molar-refractivity contribution >= 4 is 11.6 Å². The van der Waals surface area contributed by atoms with Gasteiger partial charge in [-0.15, -0.1) is 0 Å². The molecule has 1 heterocycles. The number of nitrogens with one attached hydrogen (secondary N) is 2. The molecular weight excluding hydrogens is 235 g/mol. The van der Waals surface area contributed by atoms with Gasteiger partial charge in [-0.05, 0) is 37.1 Å². The Hall–Kier alpha value is -1.46. The number of hydrogen-bond acceptors (Lipinski definition) is 3. The highest BCUT2D eigenvalue weighted by Gasteiger charge is 2.29. The second kappa shape index (κ2) is 5.46. The zero-order chi connectivity index (χ0) is 13.1. The summed E-state index contributed by atoms with van der Waals surface area (Å²) >= 11 is 0. The zero-order valence-corrected chi connectivity index (χ0v) is 10.5. The lowest BCUT2D eigenvalue weighted by Gasteiger charge is -2.13. The van der Waals surface area contributed by atoms with Gasteiger partial charge in [0, 0.05) is 19.3 Å². The Balaban J connectivity index is 1.99. The number of aryl methyl sites for hydroxylation is 1. The molecule has 1 aliphatic heterocycles. The van der Waals surface area contributed by atoms with Crippen molar-refractivity contribution in [2.45, 2.75) is 25.5 Å². The van der Waals surface area contributed by atoms with Gasteiger partial charge in [0.05, 0.1) is 12.1 Å². The first-order valence-corrected chi connectivity index (χ1v) is 5.93. The second-order valence-corrected chi connectivity index (χ2v) is 4.50. The second-order valence-electron chi connectivity index (χ2n) is 4.50. The minimum Gasteiger partial charge on any atom is -0.380 e. The third-order valence-corrected chi connectivity index (χ3v) is 3.19. The van der Waals surface area contributed by atoms with Gasteiger partial charge < -0.3 is 15.4 Å². The molecule has 4 nitrogen and oxygen atoms in total. The van der Waals surface area contributed by atoms with E-state index in [2.05, 4.69) is 10.6 Å². The molecule has 2 N–H and O–H groups in total. The number of hydrogen-bond donors (Lipinski definition) is 2. The molecule has 1 aliphatic rings. The van der Waals surface area contributed by atoms with Crippen LogP contribution in [0.25, 0.3) is 0 Å². The molecule has 18 heavy (non-hydrogen) atoms. The molecule has 0 aliphatic carbocycles. The van der Waals surface area contributed by atoms with Gasteiger partial charge >= 0.3 is 0 Å². The number of rotatable bonds is 3. The molecule has 0 saturated carbocycles. The normalized spacial score (nSPS) is 23.1. The van der Waals surface area contributed by atoms with Gasteiger partial charge in [-0.25, -0.2) is 4.39 Å². The van der Waals surface area contributed by atoms with Crippen molar-refractivity contribution in [2.75, 3.05) is 19.0 Å². The van der Waals surface area contributed by atoms with Crippen LogP contribution in [0, 0.1) is 12.7 Å². The Morgan fingerprint density at radius 1 is 1.56 bits per heavy atom. The fourth-order valence-corrected chi connectivity index (χ4v) is 2.07. The Labute approximate surface area is 106 Å². The summed E-state index contributed by atoms with van der Waals surface area (Å²) in [5, 5.41) is 5.90. The average Bonchev–Trinajstić information content (AvgIpc) is 2.81. The summed E-state index contributed by atoms with van der Waals surface area (Å²) in [6.45, 7) is 2.44. The summed E-state index contributed by atoms with van der Waals surface area (Å²) in [6, 6.07) is 4.06. The minimum absolute atomic E-state index is 0.0788. The SMILES string of the molecule is COC1CNC(C(=O)Nc2ccc(F)cc2C)C1. The van der Waals surface area contributed by atoms with Crippen molar-refractivity contribution in [2.24, 2.45) is 0 Å². The van der Waals surface area contributed by atoms with E-state index < -0.39 is 0 Å². The number of methoxy groups -OCH3 is 1. The van der Waals surface area contributed by atoms with E-state index in [9.17, 15) is 9.18 Å². The maximum Gasteiger partial charge on any atom is 0.241 e. The van der Waals surface area contributed by atoms with Gasteiger partial charge in [0.2, 0.25) is 5.91 Å². The largest absolute Gasteiger partial charge is 0.380 e. The maximum absolute atomic E-state index is 12.9. The van der Waals surface area contributed by atoms with E-state index in [1.54, 1.807) is 20.1 Å². The van der Waals surface area contributed by atoms with Crippen LogP contribution >= 0.6 is 0 Å². The lowest BCUT2D eigenvalue weighted by atomic mass is 10.1. The quantitative estimate of drug-likeness (QED) is 0.856. The molecule has 0 spiro atoms. The van der Waals surface area contributed by atoms with E-state index >= 15 is 0 Å². The van der Waals surface area contributed by atoms with E-state index in [0.29, 0.717) is 24.2 Å². The zero-order valence-electron chi connectivity index (χ0n) is 10.5. The Morgan fingerprint density at radius 2 is 2.33 bits per heavy atom. The standard InChI is InChI=1S/C13H17FN2O2/c1-8-5-9(14)3-4-11(8)16-13(17)12-6-10(18-2)7-15-12/h3-5,10,12,15H,6-7H2,1-2H3,(H,16,17). The molecule has 1 fully saturated rings. The number of ether oxygens (including phenoxy) is 1. The average molecular weight is 252 g/mol. The van der Waals surface area contributed by atoms with Gasteiger partial charge in [-0.1, -0.05) is 0 Å². The van der Waals surface area contributed by atoms with Gasteiger partial charge in [0.1, 0.15) is 5.82 Å². The van der Waals surface area contributed by atoms with Crippen molar-refractivity contribution in [1.82, 2.24) is 5.32 Å². The molecule has 1 aromatic rings. The number of carbonyl (C=O) groups is 1. The Kier molecular flexibility index (Phi) is 3.93. The van der Waals surface area contributed by atoms with Crippen molar-refractivity contribution in [3.8, 4) is 0 Å². The van der Waals surface area contributed by atoms with E-state index in [1.165, 1.54) is 12.1 Å². The first-order chi connectivity index (χ1) is 8.60. The minimum atomic E-state index is -0.302. The van der Waals surface area contributed by atoms with Gasteiger partial charge in [0.15, 0.2) is 0 Å². The van der Waals surface area contributed by atoms with Crippen LogP contribution in [0.15, 0.2) is 18.2 Å². The van der Waals surface area contributed by atoms with E-state index in [1.807, 2.05) is 0 Å². The molecule has 0 aromatic heterocycles. The highest BCUT2D eigenvalue weighted by atomic mass is 19.1. The number of halogens is 1. The molecule has 1 amide bonds. The van der Waals surface area contributed by atoms with Crippen LogP contribution in [0.2, 0.25) is 0 Å². The molecule has 98 valence electrons. The van der Waals surface area contributed by atoms with Crippen LogP contribution in [-0.4, -0.2) is 31.7 Å². The molecule has 5 heteroatoms. The van der Waals surface area contributed by atoms with E-state index in [-0.39, 0.29) is 23.9 Å². The molecule has 0 radical (unpaired) electrons. The van der Waals surface area contributed by atoms with Gasteiger partial charge in [-0.2, -0.15) is 0 Å². The fraction of sp³-hybridized carbons (Fsp3) is 0.462. The van der Waals surface area contributed by atoms with Crippen LogP contribution in [0.4, 0.5) is 10.1 Å². The highest BCUT2D eigenvalue weighted by Crippen LogP contribution is 2.17. The Bertz CT molecular complexity index is 451. The van der Waals surface area contributed by atoms with Crippen LogP contribution in [0.5, 0.6) is 0 Å². The number of amides is 1. The van der Waals surface area contributed by atoms with E-state index in [4.69, 9.17) is 4.74 Å². The van der Waals surface area contributed by atoms with Crippen LogP contribution in [-0.2, 0) is 9.53 Å². The first kappa shape index (κ1) is 13.0. The summed E-state index contributed by atoms with van der Waals surface area (Å²) in [7, 11) is 1.64. The topological polar surface area (TPSA) is 50.4 Å². The number of benzene rings is 1. The summed E-state index contributed by atoms with van der Waals surface area (Å²) in [5.41, 5.74) is 1.36. The molecule has 1 aromatic carbocycles. The summed E-state index contributed by atoms with van der Waals surface area (Å²) in [5.74, 6) is -0.409. The third kappa shape index (κ3) is 2.86. The van der Waals surface area contributed by atoms with Crippen LogP contribution in [0.3, 0.4) is 0 Å². The van der Waals surface area contributed by atoms with Crippen LogP contribution in [0.1, 0.15) is 12.0 Å². The fourth-order valence-electron chi connectivity index (χ4n) is 2.07. The predicted octanol–water partition coefficient (Wildman–Crippen LogP) is 1.45. The molecule has 2 rings (SSSR count). The molecule has 0 bridgehead atoms. The molecule has 2 unspecified atom stereocenters. The summed E-state index contributed by atoms with van der Waals surface area (Å²) in [4.78, 5) is 12.0. The predicted molar refractivity (Wildman–Crippen MR) is 67.0 cm³/mol. The number of carbonyl (C=O) groups excluding carboxylic acids is 1. The van der Waals surface area contributed by atoms with Crippen LogP contribution < -0.4 is 10.6 Å². The van der Waals surface area contributed by atoms with Crippen molar-refractivity contribution in [3.63, 3.8) is 0 Å². The lowest BCUT2D eigenvalue weighted by Crippen LogP contribution is -2.35. The van der Waals surface area contributed by atoms with Crippen molar-refractivity contribution < 1.29 is 13.9 Å². The van der Waals surface area contributed by atoms with Crippen molar-refractivity contribution in [1.29, 1.82) is 0 Å². The highest BCUT2D eigenvalue weighted by molar-refractivity contribution is 5.95. The monoisotopic (exact) mass is 252 g/mol. The first-order valence-electron chi connectivity index (χ1n) is 5.93. The Morgan fingerprint density at radius 3 is 2.94 bits per heavy atom. The molecule has 2 atom stereocenters. The smallest absolute Gasteiger partial charge is 0.241 e.